The molecule has 0 aliphatic heterocycles. The zero-order valence-electron chi connectivity index (χ0n) is 18.2. The zero-order chi connectivity index (χ0) is 22.2. The van der Waals surface area contributed by atoms with Gasteiger partial charge in [-0.2, -0.15) is 0 Å². The number of nitrogens with zero attached hydrogens (tertiary/aromatic N) is 2. The minimum absolute atomic E-state index is 0.122. The Hall–Kier alpha value is -3.51. The van der Waals surface area contributed by atoms with Crippen LogP contribution in [0.4, 0.5) is 0 Å². The van der Waals surface area contributed by atoms with Crippen molar-refractivity contribution in [2.75, 3.05) is 7.11 Å². The van der Waals surface area contributed by atoms with Crippen LogP contribution in [0.5, 0.6) is 5.75 Å². The Balaban J connectivity index is 1.72. The van der Waals surface area contributed by atoms with E-state index >= 15 is 0 Å². The number of H-pyrrole nitrogens is 1. The van der Waals surface area contributed by atoms with Gasteiger partial charge in [-0.1, -0.05) is 59.8 Å². The van der Waals surface area contributed by atoms with E-state index in [1.165, 1.54) is 16.7 Å². The van der Waals surface area contributed by atoms with Gasteiger partial charge in [-0.3, -0.25) is 9.36 Å². The van der Waals surface area contributed by atoms with Crippen molar-refractivity contribution >= 4 is 33.7 Å². The molecule has 3 aromatic carbocycles. The van der Waals surface area contributed by atoms with Gasteiger partial charge in [-0.25, -0.2) is 4.98 Å². The number of thioether (sulfide) groups is 1. The van der Waals surface area contributed by atoms with Crippen molar-refractivity contribution in [2.45, 2.75) is 24.8 Å². The molecule has 0 saturated carbocycles. The van der Waals surface area contributed by atoms with Gasteiger partial charge in [0.15, 0.2) is 5.16 Å². The zero-order valence-corrected chi connectivity index (χ0v) is 19.0. The first-order valence-corrected chi connectivity index (χ1v) is 11.4. The summed E-state index contributed by atoms with van der Waals surface area (Å²) >= 11 is 1.57. The van der Waals surface area contributed by atoms with Crippen LogP contribution in [0.2, 0.25) is 0 Å². The van der Waals surface area contributed by atoms with Gasteiger partial charge < -0.3 is 9.72 Å². The second kappa shape index (κ2) is 8.20. The van der Waals surface area contributed by atoms with E-state index in [0.717, 1.165) is 22.3 Å². The smallest absolute Gasteiger partial charge is 0.283 e. The summed E-state index contributed by atoms with van der Waals surface area (Å²) in [5.41, 5.74) is 6.40. The van der Waals surface area contributed by atoms with E-state index in [9.17, 15) is 4.79 Å². The fourth-order valence-electron chi connectivity index (χ4n) is 3.91. The van der Waals surface area contributed by atoms with E-state index in [0.29, 0.717) is 21.9 Å². The van der Waals surface area contributed by atoms with Crippen LogP contribution >= 0.6 is 11.8 Å². The minimum Gasteiger partial charge on any atom is -0.497 e. The van der Waals surface area contributed by atoms with Gasteiger partial charge in [0.2, 0.25) is 0 Å². The molecule has 160 valence electrons. The SMILES string of the molecule is COc1cccc(-n2c(SCc3cc(C)ccc3C)nc3c([nH]c4ccccc43)c2=O)c1. The molecule has 0 bridgehead atoms. The fourth-order valence-corrected chi connectivity index (χ4v) is 4.98. The summed E-state index contributed by atoms with van der Waals surface area (Å²) in [5, 5.41) is 1.60. The number of ether oxygens (including phenoxy) is 1. The Morgan fingerprint density at radius 1 is 1.03 bits per heavy atom. The summed E-state index contributed by atoms with van der Waals surface area (Å²) in [4.78, 5) is 21.9. The van der Waals surface area contributed by atoms with Gasteiger partial charge >= 0.3 is 0 Å². The normalized spacial score (nSPS) is 11.3. The molecule has 0 radical (unpaired) electrons. The highest BCUT2D eigenvalue weighted by Gasteiger charge is 2.18. The predicted molar refractivity (Wildman–Crippen MR) is 131 cm³/mol. The lowest BCUT2D eigenvalue weighted by molar-refractivity contribution is 0.414. The van der Waals surface area contributed by atoms with Crippen molar-refractivity contribution in [3.63, 3.8) is 0 Å². The first-order chi connectivity index (χ1) is 15.5. The van der Waals surface area contributed by atoms with Gasteiger partial charge in [0, 0.05) is 22.7 Å². The van der Waals surface area contributed by atoms with E-state index in [2.05, 4.69) is 37.0 Å². The molecule has 0 amide bonds. The highest BCUT2D eigenvalue weighted by atomic mass is 32.2. The maximum atomic E-state index is 13.7. The number of aromatic amines is 1. The summed E-state index contributed by atoms with van der Waals surface area (Å²) in [6.45, 7) is 4.21. The summed E-state index contributed by atoms with van der Waals surface area (Å²) < 4.78 is 7.08. The second-order valence-electron chi connectivity index (χ2n) is 7.85. The summed E-state index contributed by atoms with van der Waals surface area (Å²) in [6.07, 6.45) is 0. The molecule has 5 nitrogen and oxygen atoms in total. The molecule has 1 N–H and O–H groups in total. The number of methoxy groups -OCH3 is 1. The molecule has 5 rings (SSSR count). The molecule has 2 aromatic heterocycles. The molecule has 6 heteroatoms. The Bertz CT molecular complexity index is 1520. The van der Waals surface area contributed by atoms with Crippen molar-refractivity contribution in [3.05, 3.63) is 93.8 Å². The van der Waals surface area contributed by atoms with Crippen molar-refractivity contribution in [3.8, 4) is 11.4 Å². The molecule has 0 aliphatic carbocycles. The Kier molecular flexibility index (Phi) is 5.23. The molecular formula is C26H23N3O2S. The van der Waals surface area contributed by atoms with Gasteiger partial charge in [0.1, 0.15) is 16.8 Å². The lowest BCUT2D eigenvalue weighted by atomic mass is 10.1. The molecular weight excluding hydrogens is 418 g/mol. The van der Waals surface area contributed by atoms with Crippen LogP contribution in [-0.4, -0.2) is 21.6 Å². The molecule has 0 fully saturated rings. The van der Waals surface area contributed by atoms with Crippen molar-refractivity contribution in [1.29, 1.82) is 0 Å². The first kappa shape index (κ1) is 20.4. The van der Waals surface area contributed by atoms with E-state index in [4.69, 9.17) is 9.72 Å². The van der Waals surface area contributed by atoms with E-state index in [1.54, 1.807) is 23.4 Å². The van der Waals surface area contributed by atoms with Crippen LogP contribution in [-0.2, 0) is 5.75 Å². The van der Waals surface area contributed by atoms with Crippen molar-refractivity contribution < 1.29 is 4.74 Å². The van der Waals surface area contributed by atoms with E-state index < -0.39 is 0 Å². The van der Waals surface area contributed by atoms with Gasteiger partial charge in [-0.15, -0.1) is 0 Å². The topological polar surface area (TPSA) is 59.9 Å². The number of rotatable bonds is 5. The van der Waals surface area contributed by atoms with Crippen LogP contribution in [0.25, 0.3) is 27.6 Å². The Morgan fingerprint density at radius 2 is 1.88 bits per heavy atom. The second-order valence-corrected chi connectivity index (χ2v) is 8.79. The number of fused-ring (bicyclic) bond motifs is 3. The van der Waals surface area contributed by atoms with E-state index in [-0.39, 0.29) is 5.56 Å². The molecule has 0 unspecified atom stereocenters. The molecule has 0 atom stereocenters. The monoisotopic (exact) mass is 441 g/mol. The lowest BCUT2D eigenvalue weighted by Crippen LogP contribution is -2.21. The van der Waals surface area contributed by atoms with Crippen LogP contribution in [0, 0.1) is 13.8 Å². The number of nitrogens with one attached hydrogen (secondary N) is 1. The number of aryl methyl sites for hydroxylation is 2. The van der Waals surface area contributed by atoms with E-state index in [1.807, 2.05) is 48.5 Å². The molecule has 32 heavy (non-hydrogen) atoms. The average molecular weight is 442 g/mol. The van der Waals surface area contributed by atoms with Crippen LogP contribution in [0.3, 0.4) is 0 Å². The Morgan fingerprint density at radius 3 is 2.72 bits per heavy atom. The van der Waals surface area contributed by atoms with Crippen molar-refractivity contribution in [2.24, 2.45) is 0 Å². The van der Waals surface area contributed by atoms with Gasteiger partial charge in [0.05, 0.1) is 12.8 Å². The molecule has 0 saturated heterocycles. The number of hydrogen-bond donors (Lipinski definition) is 1. The molecule has 0 spiro atoms. The summed E-state index contributed by atoms with van der Waals surface area (Å²) in [6, 6.07) is 21.8. The number of aromatic nitrogens is 3. The minimum atomic E-state index is -0.122. The number of benzene rings is 3. The fraction of sp³-hybridized carbons (Fsp3) is 0.154. The third-order valence-electron chi connectivity index (χ3n) is 5.67. The maximum absolute atomic E-state index is 13.7. The number of hydrogen-bond acceptors (Lipinski definition) is 4. The largest absolute Gasteiger partial charge is 0.497 e. The highest BCUT2D eigenvalue weighted by molar-refractivity contribution is 7.98. The standard InChI is InChI=1S/C26H23N3O2S/c1-16-11-12-17(2)18(13-16)15-32-26-28-23-21-9-4-5-10-22(21)27-24(23)25(30)29(26)19-7-6-8-20(14-19)31-3/h4-14,27H,15H2,1-3H3. The van der Waals surface area contributed by atoms with Crippen LogP contribution in [0.1, 0.15) is 16.7 Å². The molecule has 5 aromatic rings. The third-order valence-corrected chi connectivity index (χ3v) is 6.65. The predicted octanol–water partition coefficient (Wildman–Crippen LogP) is 5.78. The average Bonchev–Trinajstić information content (AvgIpc) is 3.19. The van der Waals surface area contributed by atoms with Crippen molar-refractivity contribution in [1.82, 2.24) is 14.5 Å². The quantitative estimate of drug-likeness (QED) is 0.277. The number of para-hydroxylation sites is 1. The van der Waals surface area contributed by atoms with Crippen LogP contribution in [0.15, 0.2) is 76.7 Å². The van der Waals surface area contributed by atoms with Gasteiger partial charge in [-0.05, 0) is 43.2 Å². The van der Waals surface area contributed by atoms with Crippen LogP contribution < -0.4 is 10.3 Å². The first-order valence-electron chi connectivity index (χ1n) is 10.4. The summed E-state index contributed by atoms with van der Waals surface area (Å²) in [5.74, 6) is 1.41. The Labute approximate surface area is 190 Å². The van der Waals surface area contributed by atoms with Gasteiger partial charge in [0.25, 0.3) is 5.56 Å². The highest BCUT2D eigenvalue weighted by Crippen LogP contribution is 2.29. The molecule has 0 aliphatic rings. The lowest BCUT2D eigenvalue weighted by Gasteiger charge is -2.14. The third kappa shape index (κ3) is 3.56. The maximum Gasteiger partial charge on any atom is 0.283 e. The molecule has 2 heterocycles. The summed E-state index contributed by atoms with van der Waals surface area (Å²) in [7, 11) is 1.62.